The molecule has 0 radical (unpaired) electrons. The number of piperazine rings is 1. The fraction of sp³-hybridized carbons (Fsp3) is 0.409. The van der Waals surface area contributed by atoms with E-state index in [4.69, 9.17) is 16.7 Å². The Labute approximate surface area is 177 Å². The molecule has 7 heteroatoms. The van der Waals surface area contributed by atoms with Crippen LogP contribution in [0.1, 0.15) is 12.5 Å². The molecule has 0 aromatic heterocycles. The first-order valence-electron chi connectivity index (χ1n) is 10.1. The van der Waals surface area contributed by atoms with Crippen LogP contribution in [-0.4, -0.2) is 71.4 Å². The van der Waals surface area contributed by atoms with Gasteiger partial charge < -0.3 is 14.9 Å². The van der Waals surface area contributed by atoms with Crippen LogP contribution < -0.4 is 4.90 Å². The molecular formula is C22H28ClN5O. The van der Waals surface area contributed by atoms with E-state index >= 15 is 0 Å². The summed E-state index contributed by atoms with van der Waals surface area (Å²) in [6.07, 6.45) is 0.117. The Morgan fingerprint density at radius 2 is 1.69 bits per heavy atom. The van der Waals surface area contributed by atoms with E-state index < -0.39 is 0 Å². The monoisotopic (exact) mass is 413 g/mol. The van der Waals surface area contributed by atoms with Crippen molar-refractivity contribution in [3.8, 4) is 0 Å². The van der Waals surface area contributed by atoms with E-state index in [0.29, 0.717) is 0 Å². The van der Waals surface area contributed by atoms with Gasteiger partial charge in [0.05, 0.1) is 6.67 Å². The van der Waals surface area contributed by atoms with Crippen LogP contribution in [-0.2, 0) is 6.54 Å². The molecule has 0 amide bonds. The lowest BCUT2D eigenvalue weighted by atomic mass is 10.2. The second-order valence-electron chi connectivity index (χ2n) is 7.58. The maximum Gasteiger partial charge on any atom is 0.152 e. The van der Waals surface area contributed by atoms with Gasteiger partial charge in [-0.3, -0.25) is 9.91 Å². The van der Waals surface area contributed by atoms with E-state index in [-0.39, 0.29) is 12.8 Å². The molecule has 0 spiro atoms. The lowest BCUT2D eigenvalue weighted by Crippen LogP contribution is -2.51. The Balaban J connectivity index is 1.34. The molecule has 4 rings (SSSR count). The zero-order valence-corrected chi connectivity index (χ0v) is 17.5. The summed E-state index contributed by atoms with van der Waals surface area (Å²) in [5, 5.41) is 17.4. The minimum atomic E-state index is -0.0436. The lowest BCUT2D eigenvalue weighted by Gasteiger charge is -2.38. The molecule has 0 aliphatic carbocycles. The minimum Gasteiger partial charge on any atom is -0.388 e. The largest absolute Gasteiger partial charge is 0.388 e. The van der Waals surface area contributed by atoms with E-state index in [2.05, 4.69) is 50.9 Å². The molecule has 6 nitrogen and oxygen atoms in total. The standard InChI is InChI=1S/C22H28ClN5O/c1-18-27(15-19-5-3-2-4-6-19)22(16-29)24-28(18)17-25-11-13-26(14-12-25)21-9-7-20(23)8-10-21/h2-10,18,29H,11-17H2,1H3. The van der Waals surface area contributed by atoms with Crippen LogP contribution in [0.25, 0.3) is 0 Å². The van der Waals surface area contributed by atoms with Gasteiger partial charge in [-0.1, -0.05) is 41.9 Å². The molecule has 1 unspecified atom stereocenters. The molecule has 1 N–H and O–H groups in total. The molecule has 1 atom stereocenters. The van der Waals surface area contributed by atoms with E-state index in [0.717, 1.165) is 50.3 Å². The van der Waals surface area contributed by atoms with Gasteiger partial charge in [-0.2, -0.15) is 5.10 Å². The number of nitrogens with zero attached hydrogens (tertiary/aromatic N) is 5. The van der Waals surface area contributed by atoms with Crippen molar-refractivity contribution in [2.75, 3.05) is 44.4 Å². The first kappa shape index (κ1) is 20.0. The van der Waals surface area contributed by atoms with E-state index in [1.54, 1.807) is 0 Å². The minimum absolute atomic E-state index is 0.0436. The molecule has 2 heterocycles. The zero-order chi connectivity index (χ0) is 20.2. The van der Waals surface area contributed by atoms with Crippen molar-refractivity contribution < 1.29 is 5.11 Å². The second-order valence-corrected chi connectivity index (χ2v) is 8.02. The van der Waals surface area contributed by atoms with Gasteiger partial charge in [-0.25, -0.2) is 0 Å². The number of aliphatic hydroxyl groups excluding tert-OH is 1. The van der Waals surface area contributed by atoms with Gasteiger partial charge in [0.2, 0.25) is 0 Å². The van der Waals surface area contributed by atoms with Crippen LogP contribution in [0.2, 0.25) is 5.02 Å². The Morgan fingerprint density at radius 3 is 2.34 bits per heavy atom. The summed E-state index contributed by atoms with van der Waals surface area (Å²) in [6, 6.07) is 18.4. The third kappa shape index (κ3) is 4.66. The molecule has 0 saturated carbocycles. The quantitative estimate of drug-likeness (QED) is 0.789. The summed E-state index contributed by atoms with van der Waals surface area (Å²) < 4.78 is 0. The molecular weight excluding hydrogens is 386 g/mol. The highest BCUT2D eigenvalue weighted by Crippen LogP contribution is 2.22. The van der Waals surface area contributed by atoms with Crippen LogP contribution in [0, 0.1) is 0 Å². The summed E-state index contributed by atoms with van der Waals surface area (Å²) in [5.74, 6) is 0.737. The molecule has 154 valence electrons. The third-order valence-electron chi connectivity index (χ3n) is 5.70. The van der Waals surface area contributed by atoms with Crippen LogP contribution in [0.5, 0.6) is 0 Å². The van der Waals surface area contributed by atoms with Crippen LogP contribution in [0.3, 0.4) is 0 Å². The number of rotatable bonds is 6. The van der Waals surface area contributed by atoms with Gasteiger partial charge >= 0.3 is 0 Å². The SMILES string of the molecule is CC1N(CN2CCN(c3ccc(Cl)cc3)CC2)N=C(CO)N1Cc1ccccc1. The normalized spacial score (nSPS) is 20.3. The van der Waals surface area contributed by atoms with Gasteiger partial charge in [0.25, 0.3) is 0 Å². The molecule has 29 heavy (non-hydrogen) atoms. The summed E-state index contributed by atoms with van der Waals surface area (Å²) in [4.78, 5) is 7.00. The van der Waals surface area contributed by atoms with Crippen LogP contribution in [0.4, 0.5) is 5.69 Å². The fourth-order valence-electron chi connectivity index (χ4n) is 3.95. The first-order valence-corrected chi connectivity index (χ1v) is 10.5. The number of amidine groups is 1. The van der Waals surface area contributed by atoms with Gasteiger partial charge in [0, 0.05) is 43.4 Å². The number of halogens is 1. The van der Waals surface area contributed by atoms with E-state index in [1.807, 2.05) is 30.3 Å². The second kappa shape index (κ2) is 9.03. The highest BCUT2D eigenvalue weighted by Gasteiger charge is 2.31. The predicted octanol–water partition coefficient (Wildman–Crippen LogP) is 2.89. The van der Waals surface area contributed by atoms with Crippen molar-refractivity contribution in [2.45, 2.75) is 19.6 Å². The van der Waals surface area contributed by atoms with Crippen molar-refractivity contribution in [1.29, 1.82) is 0 Å². The number of aliphatic hydroxyl groups is 1. The number of benzene rings is 2. The molecule has 2 aliphatic heterocycles. The Bertz CT molecular complexity index is 821. The summed E-state index contributed by atoms with van der Waals surface area (Å²) in [6.45, 7) is 7.55. The number of hydrogen-bond donors (Lipinski definition) is 1. The summed E-state index contributed by atoms with van der Waals surface area (Å²) in [5.41, 5.74) is 2.44. The van der Waals surface area contributed by atoms with Gasteiger partial charge in [-0.15, -0.1) is 0 Å². The van der Waals surface area contributed by atoms with Gasteiger partial charge in [-0.05, 0) is 36.8 Å². The maximum absolute atomic E-state index is 9.81. The number of hydrogen-bond acceptors (Lipinski definition) is 6. The van der Waals surface area contributed by atoms with Crippen LogP contribution in [0.15, 0.2) is 59.7 Å². The topological polar surface area (TPSA) is 45.6 Å². The third-order valence-corrected chi connectivity index (χ3v) is 5.96. The average Bonchev–Trinajstić information content (AvgIpc) is 3.05. The molecule has 2 aromatic carbocycles. The predicted molar refractivity (Wildman–Crippen MR) is 118 cm³/mol. The van der Waals surface area contributed by atoms with Crippen LogP contribution >= 0.6 is 11.6 Å². The van der Waals surface area contributed by atoms with E-state index in [1.165, 1.54) is 11.3 Å². The van der Waals surface area contributed by atoms with Crippen molar-refractivity contribution in [2.24, 2.45) is 5.10 Å². The lowest BCUT2D eigenvalue weighted by molar-refractivity contribution is 0.0650. The van der Waals surface area contributed by atoms with Crippen molar-refractivity contribution in [3.63, 3.8) is 0 Å². The molecule has 2 aliphatic rings. The molecule has 1 fully saturated rings. The number of anilines is 1. The Kier molecular flexibility index (Phi) is 6.23. The smallest absolute Gasteiger partial charge is 0.152 e. The maximum atomic E-state index is 9.81. The van der Waals surface area contributed by atoms with Gasteiger partial charge in [0.15, 0.2) is 5.84 Å². The van der Waals surface area contributed by atoms with Gasteiger partial charge in [0.1, 0.15) is 12.8 Å². The summed E-state index contributed by atoms with van der Waals surface area (Å²) in [7, 11) is 0. The van der Waals surface area contributed by atoms with Crippen molar-refractivity contribution >= 4 is 23.1 Å². The molecule has 1 saturated heterocycles. The highest BCUT2D eigenvalue weighted by molar-refractivity contribution is 6.30. The number of hydrazone groups is 1. The summed E-state index contributed by atoms with van der Waals surface area (Å²) >= 11 is 6.00. The van der Waals surface area contributed by atoms with Crippen molar-refractivity contribution in [3.05, 3.63) is 65.2 Å². The molecule has 0 bridgehead atoms. The molecule has 2 aromatic rings. The Hall–Kier alpha value is -2.28. The average molecular weight is 414 g/mol. The Morgan fingerprint density at radius 1 is 1.00 bits per heavy atom. The highest BCUT2D eigenvalue weighted by atomic mass is 35.5. The first-order chi connectivity index (χ1) is 14.1. The van der Waals surface area contributed by atoms with E-state index in [9.17, 15) is 5.11 Å². The zero-order valence-electron chi connectivity index (χ0n) is 16.8. The fourth-order valence-corrected chi connectivity index (χ4v) is 4.07. The van der Waals surface area contributed by atoms with Crippen molar-refractivity contribution in [1.82, 2.24) is 14.8 Å².